The van der Waals surface area contributed by atoms with Crippen LogP contribution < -0.4 is 10.1 Å². The fourth-order valence-corrected chi connectivity index (χ4v) is 4.54. The maximum atomic E-state index is 5.22. The summed E-state index contributed by atoms with van der Waals surface area (Å²) in [7, 11) is 3.85. The second kappa shape index (κ2) is 6.83. The molecule has 2 fully saturated rings. The number of benzene rings is 1. The van der Waals surface area contributed by atoms with Gasteiger partial charge in [-0.3, -0.25) is 0 Å². The summed E-state index contributed by atoms with van der Waals surface area (Å²) < 4.78 is 5.22. The van der Waals surface area contributed by atoms with Gasteiger partial charge in [0, 0.05) is 6.04 Å². The summed E-state index contributed by atoms with van der Waals surface area (Å²) in [6.45, 7) is 0. The van der Waals surface area contributed by atoms with Crippen molar-refractivity contribution in [1.29, 1.82) is 0 Å². The van der Waals surface area contributed by atoms with E-state index in [2.05, 4.69) is 36.6 Å². The normalized spacial score (nSPS) is 28.8. The number of ether oxygens (including phenoxy) is 1. The van der Waals surface area contributed by atoms with Crippen LogP contribution in [0.15, 0.2) is 24.3 Å². The first-order valence-corrected chi connectivity index (χ1v) is 8.58. The van der Waals surface area contributed by atoms with E-state index in [1.165, 1.54) is 44.1 Å². The molecule has 0 spiro atoms. The van der Waals surface area contributed by atoms with E-state index >= 15 is 0 Å². The maximum Gasteiger partial charge on any atom is 0.118 e. The maximum absolute atomic E-state index is 5.22. The van der Waals surface area contributed by atoms with Crippen LogP contribution in [-0.2, 0) is 6.42 Å². The van der Waals surface area contributed by atoms with Gasteiger partial charge in [0.25, 0.3) is 0 Å². The molecule has 1 aromatic rings. The zero-order valence-electron chi connectivity index (χ0n) is 13.5. The zero-order chi connectivity index (χ0) is 14.7. The summed E-state index contributed by atoms with van der Waals surface area (Å²) in [6.07, 6.45) is 9.84. The molecule has 2 aliphatic rings. The fraction of sp³-hybridized carbons (Fsp3) is 0.684. The van der Waals surface area contributed by atoms with Gasteiger partial charge in [-0.1, -0.05) is 18.6 Å². The Balaban J connectivity index is 1.47. The van der Waals surface area contributed by atoms with Gasteiger partial charge in [-0.15, -0.1) is 0 Å². The van der Waals surface area contributed by atoms with Crippen LogP contribution in [0, 0.1) is 17.8 Å². The number of rotatable bonds is 7. The van der Waals surface area contributed by atoms with Crippen LogP contribution in [0.2, 0.25) is 0 Å². The molecule has 0 heterocycles. The predicted octanol–water partition coefficient (Wildman–Crippen LogP) is 4.04. The highest BCUT2D eigenvalue weighted by Crippen LogP contribution is 2.50. The first-order valence-electron chi connectivity index (χ1n) is 8.58. The highest BCUT2D eigenvalue weighted by molar-refractivity contribution is 5.27. The third-order valence-corrected chi connectivity index (χ3v) is 5.82. The quantitative estimate of drug-likeness (QED) is 0.817. The molecule has 21 heavy (non-hydrogen) atoms. The van der Waals surface area contributed by atoms with Gasteiger partial charge in [-0.25, -0.2) is 0 Å². The van der Waals surface area contributed by atoms with E-state index < -0.39 is 0 Å². The minimum Gasteiger partial charge on any atom is -0.497 e. The first-order chi connectivity index (χ1) is 10.3. The smallest absolute Gasteiger partial charge is 0.118 e. The monoisotopic (exact) mass is 287 g/mol. The van der Waals surface area contributed by atoms with Gasteiger partial charge in [0.05, 0.1) is 7.11 Å². The van der Waals surface area contributed by atoms with Crippen LogP contribution in [0.3, 0.4) is 0 Å². The molecule has 0 amide bonds. The number of methoxy groups -OCH3 is 1. The topological polar surface area (TPSA) is 21.3 Å². The summed E-state index contributed by atoms with van der Waals surface area (Å²) in [5, 5.41) is 3.56. The Labute approximate surface area is 129 Å². The van der Waals surface area contributed by atoms with Crippen molar-refractivity contribution in [2.24, 2.45) is 17.8 Å². The van der Waals surface area contributed by atoms with Gasteiger partial charge in [0.15, 0.2) is 0 Å². The number of hydrogen-bond acceptors (Lipinski definition) is 2. The first kappa shape index (κ1) is 14.9. The molecular formula is C19H29NO. The van der Waals surface area contributed by atoms with Crippen molar-refractivity contribution in [2.75, 3.05) is 14.2 Å². The van der Waals surface area contributed by atoms with E-state index in [1.54, 1.807) is 7.11 Å². The second-order valence-electron chi connectivity index (χ2n) is 7.04. The van der Waals surface area contributed by atoms with Crippen molar-refractivity contribution in [3.8, 4) is 5.75 Å². The van der Waals surface area contributed by atoms with Crippen LogP contribution in [0.5, 0.6) is 5.75 Å². The zero-order valence-corrected chi connectivity index (χ0v) is 13.5. The van der Waals surface area contributed by atoms with E-state index in [-0.39, 0.29) is 0 Å². The third kappa shape index (κ3) is 3.60. The third-order valence-electron chi connectivity index (χ3n) is 5.82. The largest absolute Gasteiger partial charge is 0.497 e. The van der Waals surface area contributed by atoms with Gasteiger partial charge in [0.1, 0.15) is 5.75 Å². The average molecular weight is 287 g/mol. The molecule has 0 saturated heterocycles. The van der Waals surface area contributed by atoms with Gasteiger partial charge in [-0.05, 0) is 81.0 Å². The molecular weight excluding hydrogens is 258 g/mol. The van der Waals surface area contributed by atoms with Crippen LogP contribution >= 0.6 is 0 Å². The Kier molecular flexibility index (Phi) is 4.84. The average Bonchev–Trinajstić information content (AvgIpc) is 3.14. The lowest BCUT2D eigenvalue weighted by molar-refractivity contribution is 0.277. The van der Waals surface area contributed by atoms with E-state index in [9.17, 15) is 0 Å². The number of aryl methyl sites for hydroxylation is 1. The molecule has 1 N–H and O–H groups in total. The standard InChI is InChI=1S/C19H29NO/c1-20-18(13-17-12-15-3-7-16(17)11-15)8-4-14-5-9-19(21-2)10-6-14/h5-6,9-10,15-18,20H,3-4,7-8,11-13H2,1-2H3. The van der Waals surface area contributed by atoms with E-state index in [4.69, 9.17) is 4.74 Å². The fourth-order valence-electron chi connectivity index (χ4n) is 4.54. The molecule has 4 atom stereocenters. The van der Waals surface area contributed by atoms with Crippen molar-refractivity contribution >= 4 is 0 Å². The predicted molar refractivity (Wildman–Crippen MR) is 87.7 cm³/mol. The van der Waals surface area contributed by atoms with Crippen LogP contribution in [0.1, 0.15) is 44.1 Å². The number of nitrogens with one attached hydrogen (secondary N) is 1. The number of fused-ring (bicyclic) bond motifs is 2. The van der Waals surface area contributed by atoms with Gasteiger partial charge in [-0.2, -0.15) is 0 Å². The van der Waals surface area contributed by atoms with Gasteiger partial charge < -0.3 is 10.1 Å². The molecule has 0 aromatic heterocycles. The Morgan fingerprint density at radius 1 is 1.19 bits per heavy atom. The van der Waals surface area contributed by atoms with Crippen LogP contribution in [0.25, 0.3) is 0 Å². The van der Waals surface area contributed by atoms with E-state index in [1.807, 2.05) is 0 Å². The summed E-state index contributed by atoms with van der Waals surface area (Å²) in [6, 6.07) is 9.21. The SMILES string of the molecule is CNC(CCc1ccc(OC)cc1)CC1CC2CCC1C2. The minimum atomic E-state index is 0.677. The molecule has 0 radical (unpaired) electrons. The van der Waals surface area contributed by atoms with Crippen LogP contribution in [0.4, 0.5) is 0 Å². The van der Waals surface area contributed by atoms with Gasteiger partial charge >= 0.3 is 0 Å². The lowest BCUT2D eigenvalue weighted by Crippen LogP contribution is -2.30. The highest BCUT2D eigenvalue weighted by Gasteiger charge is 2.39. The molecule has 0 aliphatic heterocycles. The summed E-state index contributed by atoms with van der Waals surface area (Å²) in [5.41, 5.74) is 1.42. The number of hydrogen-bond donors (Lipinski definition) is 1. The molecule has 2 nitrogen and oxygen atoms in total. The summed E-state index contributed by atoms with van der Waals surface area (Å²) >= 11 is 0. The molecule has 3 rings (SSSR count). The molecule has 1 aromatic carbocycles. The Morgan fingerprint density at radius 3 is 2.57 bits per heavy atom. The molecule has 2 heteroatoms. The minimum absolute atomic E-state index is 0.677. The summed E-state index contributed by atoms with van der Waals surface area (Å²) in [5.74, 6) is 4.06. The van der Waals surface area contributed by atoms with E-state index in [0.29, 0.717) is 6.04 Å². The van der Waals surface area contributed by atoms with Crippen molar-refractivity contribution in [2.45, 2.75) is 51.0 Å². The molecule has 116 valence electrons. The van der Waals surface area contributed by atoms with Crippen molar-refractivity contribution in [3.05, 3.63) is 29.8 Å². The van der Waals surface area contributed by atoms with Crippen LogP contribution in [-0.4, -0.2) is 20.2 Å². The summed E-state index contributed by atoms with van der Waals surface area (Å²) in [4.78, 5) is 0. The van der Waals surface area contributed by atoms with Crippen molar-refractivity contribution < 1.29 is 4.74 Å². The second-order valence-corrected chi connectivity index (χ2v) is 7.04. The van der Waals surface area contributed by atoms with Gasteiger partial charge in [0.2, 0.25) is 0 Å². The molecule has 2 bridgehead atoms. The molecule has 4 unspecified atom stereocenters. The Hall–Kier alpha value is -1.02. The van der Waals surface area contributed by atoms with E-state index in [0.717, 1.165) is 29.9 Å². The Bertz CT molecular complexity index is 441. The highest BCUT2D eigenvalue weighted by atomic mass is 16.5. The van der Waals surface area contributed by atoms with Crippen molar-refractivity contribution in [1.82, 2.24) is 5.32 Å². The lowest BCUT2D eigenvalue weighted by atomic mass is 9.83. The Morgan fingerprint density at radius 2 is 2.00 bits per heavy atom. The lowest BCUT2D eigenvalue weighted by Gasteiger charge is -2.26. The molecule has 2 aliphatic carbocycles. The van der Waals surface area contributed by atoms with Crippen molar-refractivity contribution in [3.63, 3.8) is 0 Å². The molecule has 2 saturated carbocycles.